The highest BCUT2D eigenvalue weighted by atomic mass is 79.9. The molecule has 0 spiro atoms. The maximum atomic E-state index is 13.5. The van der Waals surface area contributed by atoms with Gasteiger partial charge < -0.3 is 10.1 Å². The van der Waals surface area contributed by atoms with Crippen LogP contribution in [-0.4, -0.2) is 19.8 Å². The molecule has 0 amide bonds. The van der Waals surface area contributed by atoms with Crippen molar-refractivity contribution in [3.05, 3.63) is 33.8 Å². The van der Waals surface area contributed by atoms with Gasteiger partial charge in [0.05, 0.1) is 11.1 Å². The smallest absolute Gasteiger partial charge is 0.144 e. The van der Waals surface area contributed by atoms with Gasteiger partial charge in [-0.15, -0.1) is 0 Å². The molecule has 0 bridgehead atoms. The van der Waals surface area contributed by atoms with E-state index in [-0.39, 0.29) is 22.6 Å². The van der Waals surface area contributed by atoms with Crippen LogP contribution in [0.15, 0.2) is 16.6 Å². The summed E-state index contributed by atoms with van der Waals surface area (Å²) in [6, 6.07) is 2.64. The molecule has 16 heavy (non-hydrogen) atoms. The van der Waals surface area contributed by atoms with E-state index in [9.17, 15) is 8.78 Å². The first-order chi connectivity index (χ1) is 7.56. The van der Waals surface area contributed by atoms with Gasteiger partial charge in [-0.1, -0.05) is 0 Å². The second kappa shape index (κ2) is 6.27. The van der Waals surface area contributed by atoms with Crippen LogP contribution in [0.2, 0.25) is 0 Å². The Morgan fingerprint density at radius 2 is 2.12 bits per heavy atom. The van der Waals surface area contributed by atoms with Gasteiger partial charge in [-0.05, 0) is 35.0 Å². The maximum absolute atomic E-state index is 13.5. The molecular formula is C11H14BrF2NO. The molecule has 0 aliphatic carbocycles. The van der Waals surface area contributed by atoms with Crippen LogP contribution in [0.4, 0.5) is 8.78 Å². The molecule has 1 N–H and O–H groups in total. The monoisotopic (exact) mass is 293 g/mol. The van der Waals surface area contributed by atoms with E-state index in [0.29, 0.717) is 6.61 Å². The predicted octanol–water partition coefficient (Wildman–Crippen LogP) is 2.85. The number of rotatable bonds is 5. The van der Waals surface area contributed by atoms with E-state index in [2.05, 4.69) is 21.2 Å². The molecule has 0 aliphatic heterocycles. The van der Waals surface area contributed by atoms with Crippen LogP contribution >= 0.6 is 15.9 Å². The molecule has 5 heteroatoms. The normalized spacial score (nSPS) is 12.8. The van der Waals surface area contributed by atoms with E-state index in [4.69, 9.17) is 4.74 Å². The van der Waals surface area contributed by atoms with Gasteiger partial charge in [0.25, 0.3) is 0 Å². The Kier molecular flexibility index (Phi) is 5.31. The molecule has 0 saturated carbocycles. The fourth-order valence-corrected chi connectivity index (χ4v) is 1.69. The van der Waals surface area contributed by atoms with Gasteiger partial charge in [-0.3, -0.25) is 0 Å². The van der Waals surface area contributed by atoms with Crippen molar-refractivity contribution in [3.8, 4) is 0 Å². The van der Waals surface area contributed by atoms with Gasteiger partial charge >= 0.3 is 0 Å². The van der Waals surface area contributed by atoms with Crippen molar-refractivity contribution in [2.24, 2.45) is 0 Å². The molecule has 0 radical (unpaired) electrons. The van der Waals surface area contributed by atoms with Crippen LogP contribution in [0.3, 0.4) is 0 Å². The highest BCUT2D eigenvalue weighted by Crippen LogP contribution is 2.21. The largest absolute Gasteiger partial charge is 0.383 e. The molecule has 0 aliphatic rings. The van der Waals surface area contributed by atoms with Crippen molar-refractivity contribution in [1.29, 1.82) is 0 Å². The summed E-state index contributed by atoms with van der Waals surface area (Å²) in [7, 11) is 1.58. The number of hydrogen-bond donors (Lipinski definition) is 1. The van der Waals surface area contributed by atoms with E-state index in [1.807, 2.05) is 6.92 Å². The summed E-state index contributed by atoms with van der Waals surface area (Å²) in [5.41, 5.74) is 0.0392. The Morgan fingerprint density at radius 1 is 1.44 bits per heavy atom. The second-order valence-electron chi connectivity index (χ2n) is 3.56. The number of halogens is 3. The van der Waals surface area contributed by atoms with E-state index in [0.717, 1.165) is 0 Å². The first-order valence-corrected chi connectivity index (χ1v) is 5.70. The molecule has 0 aromatic heterocycles. The molecule has 90 valence electrons. The lowest BCUT2D eigenvalue weighted by Gasteiger charge is -2.13. The van der Waals surface area contributed by atoms with Gasteiger partial charge in [-0.2, -0.15) is 0 Å². The topological polar surface area (TPSA) is 21.3 Å². The van der Waals surface area contributed by atoms with Crippen molar-refractivity contribution in [1.82, 2.24) is 5.32 Å². The minimum Gasteiger partial charge on any atom is -0.383 e. The number of hydrogen-bond acceptors (Lipinski definition) is 2. The maximum Gasteiger partial charge on any atom is 0.144 e. The third-order valence-corrected chi connectivity index (χ3v) is 2.80. The minimum atomic E-state index is -0.558. The zero-order valence-electron chi connectivity index (χ0n) is 9.19. The standard InChI is InChI=1S/C11H14BrF2NO/c1-7(6-16-2)15-5-8-10(13)4-3-9(12)11(8)14/h3-4,7,15H,5-6H2,1-2H3. The van der Waals surface area contributed by atoms with E-state index < -0.39 is 11.6 Å². The van der Waals surface area contributed by atoms with Crippen LogP contribution in [0, 0.1) is 11.6 Å². The molecule has 1 unspecified atom stereocenters. The van der Waals surface area contributed by atoms with Crippen molar-refractivity contribution in [2.75, 3.05) is 13.7 Å². The third-order valence-electron chi connectivity index (χ3n) is 2.18. The highest BCUT2D eigenvalue weighted by molar-refractivity contribution is 9.10. The zero-order chi connectivity index (χ0) is 12.1. The molecule has 1 rings (SSSR count). The van der Waals surface area contributed by atoms with Crippen molar-refractivity contribution in [3.63, 3.8) is 0 Å². The van der Waals surface area contributed by atoms with Gasteiger partial charge in [0.1, 0.15) is 11.6 Å². The molecule has 0 heterocycles. The third kappa shape index (κ3) is 3.50. The SMILES string of the molecule is COCC(C)NCc1c(F)ccc(Br)c1F. The molecule has 1 aromatic carbocycles. The van der Waals surface area contributed by atoms with E-state index in [1.54, 1.807) is 7.11 Å². The van der Waals surface area contributed by atoms with Crippen LogP contribution < -0.4 is 5.32 Å². The van der Waals surface area contributed by atoms with E-state index in [1.165, 1.54) is 12.1 Å². The Balaban J connectivity index is 2.70. The van der Waals surface area contributed by atoms with E-state index >= 15 is 0 Å². The first-order valence-electron chi connectivity index (χ1n) is 4.91. The first kappa shape index (κ1) is 13.5. The lowest BCUT2D eigenvalue weighted by Crippen LogP contribution is -2.30. The minimum absolute atomic E-state index is 0.0392. The Hall–Kier alpha value is -0.520. The fraction of sp³-hybridized carbons (Fsp3) is 0.455. The second-order valence-corrected chi connectivity index (χ2v) is 4.41. The van der Waals surface area contributed by atoms with Crippen LogP contribution in [-0.2, 0) is 11.3 Å². The summed E-state index contributed by atoms with van der Waals surface area (Å²) >= 11 is 3.02. The van der Waals surface area contributed by atoms with Crippen LogP contribution in [0.1, 0.15) is 12.5 Å². The summed E-state index contributed by atoms with van der Waals surface area (Å²) < 4.78 is 32.1. The molecule has 0 saturated heterocycles. The zero-order valence-corrected chi connectivity index (χ0v) is 10.8. The molecular weight excluding hydrogens is 280 g/mol. The quantitative estimate of drug-likeness (QED) is 0.843. The van der Waals surface area contributed by atoms with Crippen molar-refractivity contribution in [2.45, 2.75) is 19.5 Å². The van der Waals surface area contributed by atoms with Crippen LogP contribution in [0.25, 0.3) is 0 Å². The molecule has 0 fully saturated rings. The number of nitrogens with one attached hydrogen (secondary N) is 1. The van der Waals surface area contributed by atoms with Crippen molar-refractivity contribution < 1.29 is 13.5 Å². The summed E-state index contributed by atoms with van der Waals surface area (Å²) in [6.07, 6.45) is 0. The molecule has 2 nitrogen and oxygen atoms in total. The predicted molar refractivity (Wildman–Crippen MR) is 62.2 cm³/mol. The summed E-state index contributed by atoms with van der Waals surface area (Å²) in [5.74, 6) is -1.10. The van der Waals surface area contributed by atoms with Gasteiger partial charge in [0, 0.05) is 25.3 Å². The summed E-state index contributed by atoms with van der Waals surface area (Å²) in [4.78, 5) is 0. The molecule has 1 atom stereocenters. The van der Waals surface area contributed by atoms with Crippen molar-refractivity contribution >= 4 is 15.9 Å². The number of methoxy groups -OCH3 is 1. The van der Waals surface area contributed by atoms with Gasteiger partial charge in [-0.25, -0.2) is 8.78 Å². The Labute approximate surface area is 102 Å². The number of benzene rings is 1. The van der Waals surface area contributed by atoms with Gasteiger partial charge in [0.15, 0.2) is 0 Å². The Bertz CT molecular complexity index is 360. The lowest BCUT2D eigenvalue weighted by molar-refractivity contribution is 0.171. The summed E-state index contributed by atoms with van der Waals surface area (Å²) in [6.45, 7) is 2.52. The number of ether oxygens (including phenoxy) is 1. The Morgan fingerprint density at radius 3 is 2.75 bits per heavy atom. The van der Waals surface area contributed by atoms with Gasteiger partial charge in [0.2, 0.25) is 0 Å². The lowest BCUT2D eigenvalue weighted by atomic mass is 10.2. The average Bonchev–Trinajstić information content (AvgIpc) is 2.24. The highest BCUT2D eigenvalue weighted by Gasteiger charge is 2.12. The molecule has 1 aromatic rings. The average molecular weight is 294 g/mol. The summed E-state index contributed by atoms with van der Waals surface area (Å²) in [5, 5.41) is 2.98. The fourth-order valence-electron chi connectivity index (χ4n) is 1.32. The van der Waals surface area contributed by atoms with Crippen LogP contribution in [0.5, 0.6) is 0 Å².